The van der Waals surface area contributed by atoms with E-state index in [9.17, 15) is 24.9 Å². The third-order valence-electron chi connectivity index (χ3n) is 7.84. The van der Waals surface area contributed by atoms with Crippen molar-refractivity contribution in [1.29, 1.82) is 0 Å². The quantitative estimate of drug-likeness (QED) is 0.713. The average molecular weight is 348 g/mol. The molecule has 0 radical (unpaired) electrons. The lowest BCUT2D eigenvalue weighted by Crippen LogP contribution is -2.56. The van der Waals surface area contributed by atoms with E-state index in [-0.39, 0.29) is 41.8 Å². The SMILES string of the molecule is O=C1C=C2CC[C@@H]3[C@H]([C@@H](O)C[C@]4(CO)[C@@H](C(=O)CO)CC[C@@H]34)[C@H]2CC1. The van der Waals surface area contributed by atoms with Crippen LogP contribution in [-0.2, 0) is 9.59 Å². The van der Waals surface area contributed by atoms with Crippen molar-refractivity contribution in [3.05, 3.63) is 11.6 Å². The van der Waals surface area contributed by atoms with Gasteiger partial charge in [-0.2, -0.15) is 0 Å². The molecule has 25 heavy (non-hydrogen) atoms. The molecule has 0 aromatic carbocycles. The maximum absolute atomic E-state index is 12.3. The smallest absolute Gasteiger partial charge is 0.161 e. The molecule has 0 bridgehead atoms. The van der Waals surface area contributed by atoms with Gasteiger partial charge in [0, 0.05) is 24.4 Å². The summed E-state index contributed by atoms with van der Waals surface area (Å²) in [6.07, 6.45) is 6.46. The van der Waals surface area contributed by atoms with Crippen molar-refractivity contribution in [3.63, 3.8) is 0 Å². The van der Waals surface area contributed by atoms with Crippen molar-refractivity contribution in [3.8, 4) is 0 Å². The number of aliphatic hydroxyl groups is 3. The first kappa shape index (κ1) is 17.4. The molecule has 4 aliphatic rings. The fraction of sp³-hybridized carbons (Fsp3) is 0.800. The van der Waals surface area contributed by atoms with E-state index in [0.29, 0.717) is 25.2 Å². The Morgan fingerprint density at radius 3 is 2.68 bits per heavy atom. The number of aliphatic hydroxyl groups excluding tert-OH is 3. The Morgan fingerprint density at radius 1 is 1.16 bits per heavy atom. The molecule has 3 N–H and O–H groups in total. The van der Waals surface area contributed by atoms with Gasteiger partial charge in [0.05, 0.1) is 6.10 Å². The highest BCUT2D eigenvalue weighted by atomic mass is 16.3. The van der Waals surface area contributed by atoms with E-state index in [4.69, 9.17) is 0 Å². The number of Topliss-reactive ketones (excluding diaryl/α,β-unsaturated/α-hetero) is 1. The molecule has 0 unspecified atom stereocenters. The summed E-state index contributed by atoms with van der Waals surface area (Å²) in [5.41, 5.74) is 0.626. The van der Waals surface area contributed by atoms with E-state index in [1.54, 1.807) is 6.08 Å². The van der Waals surface area contributed by atoms with Crippen LogP contribution in [0.4, 0.5) is 0 Å². The van der Waals surface area contributed by atoms with Gasteiger partial charge >= 0.3 is 0 Å². The molecule has 7 atom stereocenters. The third kappa shape index (κ3) is 2.47. The molecule has 3 fully saturated rings. The number of carbonyl (C=O) groups excluding carboxylic acids is 2. The largest absolute Gasteiger partial charge is 0.396 e. The zero-order valence-electron chi connectivity index (χ0n) is 14.6. The number of hydrogen-bond donors (Lipinski definition) is 3. The molecule has 3 saturated carbocycles. The summed E-state index contributed by atoms with van der Waals surface area (Å²) in [5, 5.41) is 30.6. The minimum Gasteiger partial charge on any atom is -0.396 e. The molecule has 0 aliphatic heterocycles. The van der Waals surface area contributed by atoms with Crippen LogP contribution in [0.3, 0.4) is 0 Å². The molecular weight excluding hydrogens is 320 g/mol. The third-order valence-corrected chi connectivity index (χ3v) is 7.84. The molecule has 0 aromatic rings. The minimum absolute atomic E-state index is 0.0970. The maximum Gasteiger partial charge on any atom is 0.161 e. The Morgan fingerprint density at radius 2 is 1.96 bits per heavy atom. The Hall–Kier alpha value is -1.04. The number of allylic oxidation sites excluding steroid dienone is 1. The molecular formula is C20H28O5. The van der Waals surface area contributed by atoms with E-state index in [1.165, 1.54) is 5.57 Å². The molecule has 0 spiro atoms. The second-order valence-corrected chi connectivity index (χ2v) is 8.63. The molecule has 4 aliphatic carbocycles. The van der Waals surface area contributed by atoms with E-state index in [1.807, 2.05) is 0 Å². The van der Waals surface area contributed by atoms with Crippen molar-refractivity contribution in [2.45, 2.75) is 51.0 Å². The van der Waals surface area contributed by atoms with Crippen molar-refractivity contribution in [2.24, 2.45) is 35.0 Å². The van der Waals surface area contributed by atoms with Crippen molar-refractivity contribution < 1.29 is 24.9 Å². The van der Waals surface area contributed by atoms with Crippen LogP contribution in [0.1, 0.15) is 44.9 Å². The normalized spacial score (nSPS) is 46.0. The zero-order valence-corrected chi connectivity index (χ0v) is 14.6. The van der Waals surface area contributed by atoms with Crippen LogP contribution >= 0.6 is 0 Å². The van der Waals surface area contributed by atoms with E-state index in [0.717, 1.165) is 25.7 Å². The molecule has 5 nitrogen and oxygen atoms in total. The first-order valence-electron chi connectivity index (χ1n) is 9.67. The summed E-state index contributed by atoms with van der Waals surface area (Å²) in [6.45, 7) is -0.582. The zero-order chi connectivity index (χ0) is 17.8. The van der Waals surface area contributed by atoms with Gasteiger partial charge in [0.2, 0.25) is 0 Å². The number of hydrogen-bond acceptors (Lipinski definition) is 5. The predicted molar refractivity (Wildman–Crippen MR) is 90.5 cm³/mol. The Labute approximate surface area is 148 Å². The lowest BCUT2D eigenvalue weighted by Gasteiger charge is -2.56. The molecule has 4 rings (SSSR count). The van der Waals surface area contributed by atoms with E-state index >= 15 is 0 Å². The molecule has 138 valence electrons. The fourth-order valence-electron chi connectivity index (χ4n) is 6.94. The van der Waals surface area contributed by atoms with Gasteiger partial charge in [-0.3, -0.25) is 9.59 Å². The topological polar surface area (TPSA) is 94.8 Å². The van der Waals surface area contributed by atoms with Crippen molar-refractivity contribution >= 4 is 11.6 Å². The lowest BCUT2D eigenvalue weighted by molar-refractivity contribution is -0.149. The Kier molecular flexibility index (Phi) is 4.37. The van der Waals surface area contributed by atoms with Crippen LogP contribution in [-0.4, -0.2) is 46.2 Å². The van der Waals surface area contributed by atoms with Crippen molar-refractivity contribution in [1.82, 2.24) is 0 Å². The molecule has 5 heteroatoms. The van der Waals surface area contributed by atoms with Gasteiger partial charge in [0.15, 0.2) is 11.6 Å². The van der Waals surface area contributed by atoms with Gasteiger partial charge in [-0.1, -0.05) is 5.57 Å². The standard InChI is InChI=1S/C20H28O5/c21-9-18(25)16-6-5-15-14-3-1-11-7-12(23)2-4-13(11)19(14)17(24)8-20(15,16)10-22/h7,13-17,19,21-22,24H,1-6,8-10H2/t13-,14-,15-,16+,17-,19+,20+/m0/s1. The average Bonchev–Trinajstić information content (AvgIpc) is 3.00. The Bertz CT molecular complexity index is 611. The highest BCUT2D eigenvalue weighted by Gasteiger charge is 2.62. The second kappa shape index (κ2) is 6.29. The second-order valence-electron chi connectivity index (χ2n) is 8.63. The van der Waals surface area contributed by atoms with Crippen LogP contribution < -0.4 is 0 Å². The highest BCUT2D eigenvalue weighted by molar-refractivity contribution is 5.91. The highest BCUT2D eigenvalue weighted by Crippen LogP contribution is 2.63. The number of fused-ring (bicyclic) bond motifs is 5. The Balaban J connectivity index is 1.68. The number of rotatable bonds is 3. The molecule has 0 amide bonds. The lowest BCUT2D eigenvalue weighted by atomic mass is 9.49. The van der Waals surface area contributed by atoms with Crippen LogP contribution in [0.25, 0.3) is 0 Å². The fourth-order valence-corrected chi connectivity index (χ4v) is 6.94. The maximum atomic E-state index is 12.3. The van der Waals surface area contributed by atoms with Crippen molar-refractivity contribution in [2.75, 3.05) is 13.2 Å². The molecule has 0 heterocycles. The minimum atomic E-state index is -0.577. The summed E-state index contributed by atoms with van der Waals surface area (Å²) in [7, 11) is 0. The van der Waals surface area contributed by atoms with Crippen LogP contribution in [0.5, 0.6) is 0 Å². The van der Waals surface area contributed by atoms with E-state index in [2.05, 4.69) is 0 Å². The summed E-state index contributed by atoms with van der Waals surface area (Å²) in [6, 6.07) is 0. The van der Waals surface area contributed by atoms with Gasteiger partial charge in [-0.15, -0.1) is 0 Å². The first-order chi connectivity index (χ1) is 12.0. The summed E-state index contributed by atoms with van der Waals surface area (Å²) in [5.74, 6) is 0.605. The van der Waals surface area contributed by atoms with E-state index < -0.39 is 18.1 Å². The van der Waals surface area contributed by atoms with Gasteiger partial charge in [-0.05, 0) is 68.3 Å². The summed E-state index contributed by atoms with van der Waals surface area (Å²) in [4.78, 5) is 24.0. The molecule has 0 aromatic heterocycles. The van der Waals surface area contributed by atoms with Gasteiger partial charge in [0.25, 0.3) is 0 Å². The summed E-state index contributed by atoms with van der Waals surface area (Å²) < 4.78 is 0. The van der Waals surface area contributed by atoms with Gasteiger partial charge < -0.3 is 15.3 Å². The van der Waals surface area contributed by atoms with Crippen LogP contribution in [0, 0.1) is 35.0 Å². The monoisotopic (exact) mass is 348 g/mol. The van der Waals surface area contributed by atoms with Crippen LogP contribution in [0.2, 0.25) is 0 Å². The van der Waals surface area contributed by atoms with Crippen LogP contribution in [0.15, 0.2) is 11.6 Å². The number of ketones is 2. The summed E-state index contributed by atoms with van der Waals surface area (Å²) >= 11 is 0. The van der Waals surface area contributed by atoms with Gasteiger partial charge in [-0.25, -0.2) is 0 Å². The molecule has 0 saturated heterocycles. The predicted octanol–water partition coefficient (Wildman–Crippen LogP) is 1.25. The first-order valence-corrected chi connectivity index (χ1v) is 9.67. The number of carbonyl (C=O) groups is 2. The van der Waals surface area contributed by atoms with Gasteiger partial charge in [0.1, 0.15) is 6.61 Å².